The molecule has 0 saturated carbocycles. The third-order valence-electron chi connectivity index (χ3n) is 1.59. The van der Waals surface area contributed by atoms with Crippen LogP contribution in [0.15, 0.2) is 24.3 Å². The summed E-state index contributed by atoms with van der Waals surface area (Å²) in [4.78, 5) is 10.5. The number of nitrogens with zero attached hydrogens (tertiary/aromatic N) is 1. The summed E-state index contributed by atoms with van der Waals surface area (Å²) in [7, 11) is 0. The van der Waals surface area contributed by atoms with Gasteiger partial charge in [0.05, 0.1) is 18.9 Å². The molecule has 65 valence electrons. The van der Waals surface area contributed by atoms with Crippen LogP contribution >= 0.6 is 0 Å². The Morgan fingerprint density at radius 2 is 2.08 bits per heavy atom. The predicted molar refractivity (Wildman–Crippen MR) is 48.4 cm³/mol. The van der Waals surface area contributed by atoms with Crippen molar-refractivity contribution in [1.82, 2.24) is 0 Å². The van der Waals surface area contributed by atoms with E-state index in [1.807, 2.05) is 6.07 Å². The summed E-state index contributed by atoms with van der Waals surface area (Å²) in [5, 5.41) is 8.35. The first-order valence-electron chi connectivity index (χ1n) is 3.82. The van der Waals surface area contributed by atoms with Crippen LogP contribution in [0.2, 0.25) is 0 Å². The van der Waals surface area contributed by atoms with Crippen LogP contribution in [0.1, 0.15) is 11.1 Å². The van der Waals surface area contributed by atoms with Crippen LogP contribution in [0.4, 0.5) is 0 Å². The van der Waals surface area contributed by atoms with Gasteiger partial charge in [0, 0.05) is 0 Å². The van der Waals surface area contributed by atoms with Gasteiger partial charge in [0.1, 0.15) is 0 Å². The van der Waals surface area contributed by atoms with Crippen LogP contribution in [0.3, 0.4) is 0 Å². The van der Waals surface area contributed by atoms with Crippen LogP contribution in [0, 0.1) is 17.8 Å². The Morgan fingerprint density at radius 3 is 2.54 bits per heavy atom. The zero-order valence-electron chi connectivity index (χ0n) is 7.03. The van der Waals surface area contributed by atoms with E-state index in [0.717, 1.165) is 11.1 Å². The Kier molecular flexibility index (Phi) is 3.04. The van der Waals surface area contributed by atoms with Crippen molar-refractivity contribution in [2.45, 2.75) is 6.42 Å². The smallest absolute Gasteiger partial charge is 0.221 e. The fourth-order valence-electron chi connectivity index (χ4n) is 1.01. The second kappa shape index (κ2) is 4.27. The third-order valence-corrected chi connectivity index (χ3v) is 1.59. The summed E-state index contributed by atoms with van der Waals surface area (Å²) in [5.41, 5.74) is 6.71. The summed E-state index contributed by atoms with van der Waals surface area (Å²) in [6.45, 7) is 0. The Balaban J connectivity index is 2.70. The highest BCUT2D eigenvalue weighted by molar-refractivity contribution is 5.76. The number of benzene rings is 1. The van der Waals surface area contributed by atoms with E-state index in [-0.39, 0.29) is 12.3 Å². The lowest BCUT2D eigenvalue weighted by atomic mass is 10.1. The molecule has 1 rings (SSSR count). The summed E-state index contributed by atoms with van der Waals surface area (Å²) in [5.74, 6) is -0.350. The van der Waals surface area contributed by atoms with Crippen molar-refractivity contribution in [1.29, 1.82) is 5.26 Å². The number of nitriles is 1. The van der Waals surface area contributed by atoms with Gasteiger partial charge >= 0.3 is 0 Å². The molecule has 0 aromatic heterocycles. The maximum Gasteiger partial charge on any atom is 0.221 e. The number of carbonyl (C=O) groups excluding carboxylic acids is 1. The first kappa shape index (κ1) is 9.27. The molecule has 3 heteroatoms. The van der Waals surface area contributed by atoms with Gasteiger partial charge in [-0.25, -0.2) is 0 Å². The van der Waals surface area contributed by atoms with Gasteiger partial charge in [0.2, 0.25) is 5.91 Å². The van der Waals surface area contributed by atoms with Gasteiger partial charge in [-0.05, 0) is 11.1 Å². The SMILES string of the molecule is N#C[CH]c1ccc(CC(N)=O)cc1. The number of hydrogen-bond donors (Lipinski definition) is 1. The van der Waals surface area contributed by atoms with Crippen LogP contribution in [-0.2, 0) is 11.2 Å². The highest BCUT2D eigenvalue weighted by Crippen LogP contribution is 2.06. The van der Waals surface area contributed by atoms with Gasteiger partial charge in [-0.1, -0.05) is 24.3 Å². The van der Waals surface area contributed by atoms with E-state index in [9.17, 15) is 4.79 Å². The lowest BCUT2D eigenvalue weighted by Gasteiger charge is -1.98. The molecule has 1 aromatic carbocycles. The van der Waals surface area contributed by atoms with Crippen molar-refractivity contribution in [3.05, 3.63) is 41.8 Å². The largest absolute Gasteiger partial charge is 0.369 e. The number of carbonyl (C=O) groups is 1. The topological polar surface area (TPSA) is 66.9 Å². The minimum atomic E-state index is -0.350. The van der Waals surface area contributed by atoms with Gasteiger partial charge in [-0.2, -0.15) is 5.26 Å². The minimum absolute atomic E-state index is 0.243. The molecular formula is C10H9N2O. The molecule has 1 aromatic rings. The molecule has 0 bridgehead atoms. The fourth-order valence-corrected chi connectivity index (χ4v) is 1.01. The van der Waals surface area contributed by atoms with Crippen molar-refractivity contribution >= 4 is 5.91 Å². The Bertz CT molecular complexity index is 335. The van der Waals surface area contributed by atoms with E-state index >= 15 is 0 Å². The van der Waals surface area contributed by atoms with Gasteiger partial charge in [-0.15, -0.1) is 0 Å². The van der Waals surface area contributed by atoms with Crippen LogP contribution < -0.4 is 5.73 Å². The van der Waals surface area contributed by atoms with Crippen LogP contribution in [0.5, 0.6) is 0 Å². The molecule has 0 saturated heterocycles. The highest BCUT2D eigenvalue weighted by Gasteiger charge is 1.98. The average Bonchev–Trinajstić information content (AvgIpc) is 2.08. The number of amides is 1. The number of hydrogen-bond acceptors (Lipinski definition) is 2. The molecule has 0 fully saturated rings. The van der Waals surface area contributed by atoms with Gasteiger partial charge in [-0.3, -0.25) is 4.79 Å². The monoisotopic (exact) mass is 173 g/mol. The van der Waals surface area contributed by atoms with E-state index in [2.05, 4.69) is 0 Å². The molecule has 0 aliphatic heterocycles. The van der Waals surface area contributed by atoms with Crippen molar-refractivity contribution in [2.75, 3.05) is 0 Å². The van der Waals surface area contributed by atoms with Gasteiger partial charge in [0.25, 0.3) is 0 Å². The zero-order valence-corrected chi connectivity index (χ0v) is 7.03. The molecule has 0 spiro atoms. The lowest BCUT2D eigenvalue weighted by molar-refractivity contribution is -0.117. The zero-order chi connectivity index (χ0) is 9.68. The second-order valence-corrected chi connectivity index (χ2v) is 2.66. The maximum atomic E-state index is 10.5. The Morgan fingerprint density at radius 1 is 1.46 bits per heavy atom. The molecule has 2 N–H and O–H groups in total. The Hall–Kier alpha value is -1.82. The molecule has 13 heavy (non-hydrogen) atoms. The second-order valence-electron chi connectivity index (χ2n) is 2.66. The quantitative estimate of drug-likeness (QED) is 0.734. The standard InChI is InChI=1S/C10H9N2O/c11-6-5-8-1-3-9(4-2-8)7-10(12)13/h1-5H,7H2,(H2,12,13). The molecule has 0 aliphatic rings. The lowest BCUT2D eigenvalue weighted by Crippen LogP contribution is -2.13. The molecule has 0 heterocycles. The normalized spacial score (nSPS) is 9.15. The molecule has 1 amide bonds. The highest BCUT2D eigenvalue weighted by atomic mass is 16.1. The van der Waals surface area contributed by atoms with Crippen LogP contribution in [0.25, 0.3) is 0 Å². The first-order chi connectivity index (χ1) is 6.22. The predicted octanol–water partition coefficient (Wildman–Crippen LogP) is 0.790. The van der Waals surface area contributed by atoms with Crippen molar-refractivity contribution in [3.63, 3.8) is 0 Å². The van der Waals surface area contributed by atoms with Gasteiger partial charge in [0.15, 0.2) is 0 Å². The molecule has 0 unspecified atom stereocenters. The molecule has 3 nitrogen and oxygen atoms in total. The van der Waals surface area contributed by atoms with E-state index in [4.69, 9.17) is 11.0 Å². The summed E-state index contributed by atoms with van der Waals surface area (Å²) >= 11 is 0. The number of primary amides is 1. The summed E-state index contributed by atoms with van der Waals surface area (Å²) in [6.07, 6.45) is 1.68. The Labute approximate surface area is 76.8 Å². The van der Waals surface area contributed by atoms with E-state index in [0.29, 0.717) is 0 Å². The average molecular weight is 173 g/mol. The van der Waals surface area contributed by atoms with E-state index < -0.39 is 0 Å². The summed E-state index contributed by atoms with van der Waals surface area (Å²) in [6, 6.07) is 9.06. The molecule has 1 radical (unpaired) electrons. The first-order valence-corrected chi connectivity index (χ1v) is 3.82. The molecule has 0 atom stereocenters. The maximum absolute atomic E-state index is 10.5. The minimum Gasteiger partial charge on any atom is -0.369 e. The van der Waals surface area contributed by atoms with Gasteiger partial charge < -0.3 is 5.73 Å². The van der Waals surface area contributed by atoms with Crippen molar-refractivity contribution in [2.24, 2.45) is 5.73 Å². The summed E-state index contributed by atoms with van der Waals surface area (Å²) < 4.78 is 0. The van der Waals surface area contributed by atoms with Crippen molar-refractivity contribution in [3.8, 4) is 6.07 Å². The van der Waals surface area contributed by atoms with Crippen LogP contribution in [-0.4, -0.2) is 5.91 Å². The fraction of sp³-hybridized carbons (Fsp3) is 0.100. The van der Waals surface area contributed by atoms with E-state index in [1.165, 1.54) is 6.42 Å². The number of nitrogens with two attached hydrogens (primary N) is 1. The van der Waals surface area contributed by atoms with E-state index in [1.54, 1.807) is 24.3 Å². The molecule has 0 aliphatic carbocycles. The third kappa shape index (κ3) is 2.96. The van der Waals surface area contributed by atoms with Crippen molar-refractivity contribution < 1.29 is 4.79 Å². The molecular weight excluding hydrogens is 164 g/mol. The number of rotatable bonds is 3.